The topological polar surface area (TPSA) is 46.3 Å². The molecule has 0 atom stereocenters. The minimum atomic E-state index is -0.135. The lowest BCUT2D eigenvalue weighted by atomic mass is 10.1. The minimum absolute atomic E-state index is 0.135. The smallest absolute Gasteiger partial charge is 0.255 e. The van der Waals surface area contributed by atoms with E-state index in [2.05, 4.69) is 6.07 Å². The normalized spacial score (nSPS) is 10.3. The first-order valence-corrected chi connectivity index (χ1v) is 6.72. The van der Waals surface area contributed by atoms with E-state index < -0.39 is 0 Å². The molecule has 0 saturated carbocycles. The van der Waals surface area contributed by atoms with Gasteiger partial charge in [-0.2, -0.15) is 0 Å². The number of aryl methyl sites for hydroxylation is 1. The van der Waals surface area contributed by atoms with Crippen molar-refractivity contribution in [2.75, 3.05) is 12.8 Å². The van der Waals surface area contributed by atoms with Crippen LogP contribution < -0.4 is 5.73 Å². The Kier molecular flexibility index (Phi) is 4.30. The number of benzene rings is 2. The highest BCUT2D eigenvalue weighted by molar-refractivity contribution is 6.36. The number of nitrogens with zero attached hydrogens (tertiary/aromatic N) is 1. The fourth-order valence-corrected chi connectivity index (χ4v) is 2.28. The molecule has 1 amide bonds. The third-order valence-electron chi connectivity index (χ3n) is 3.11. The van der Waals surface area contributed by atoms with Gasteiger partial charge in [0, 0.05) is 13.6 Å². The Morgan fingerprint density at radius 3 is 2.65 bits per heavy atom. The van der Waals surface area contributed by atoms with Gasteiger partial charge in [0.15, 0.2) is 0 Å². The van der Waals surface area contributed by atoms with Crippen LogP contribution in [0.1, 0.15) is 21.5 Å². The van der Waals surface area contributed by atoms with E-state index in [0.717, 1.165) is 5.56 Å². The third kappa shape index (κ3) is 3.11. The zero-order chi connectivity index (χ0) is 14.7. The standard InChI is InChI=1S/C16H17ClN2O/c1-11-5-3-6-12(9-11)10-19(2)16(20)13-7-4-8-14(18)15(13)17/h3-9H,10,18H2,1-2H3. The number of halogens is 1. The van der Waals surface area contributed by atoms with Crippen molar-refractivity contribution in [3.05, 3.63) is 64.2 Å². The molecule has 3 nitrogen and oxygen atoms in total. The van der Waals surface area contributed by atoms with E-state index in [1.165, 1.54) is 5.56 Å². The summed E-state index contributed by atoms with van der Waals surface area (Å²) in [5.41, 5.74) is 8.83. The number of rotatable bonds is 3. The van der Waals surface area contributed by atoms with Gasteiger partial charge in [0.25, 0.3) is 5.91 Å². The molecule has 2 aromatic rings. The lowest BCUT2D eigenvalue weighted by molar-refractivity contribution is 0.0785. The van der Waals surface area contributed by atoms with Gasteiger partial charge in [-0.1, -0.05) is 47.5 Å². The van der Waals surface area contributed by atoms with Crippen LogP contribution in [0.5, 0.6) is 0 Å². The number of anilines is 1. The maximum absolute atomic E-state index is 12.4. The second-order valence-corrected chi connectivity index (χ2v) is 5.24. The Bertz CT molecular complexity index is 640. The summed E-state index contributed by atoms with van der Waals surface area (Å²) in [5, 5.41) is 0.314. The average molecular weight is 289 g/mol. The first-order valence-electron chi connectivity index (χ1n) is 6.34. The fraction of sp³-hybridized carbons (Fsp3) is 0.188. The molecule has 0 bridgehead atoms. The van der Waals surface area contributed by atoms with Crippen LogP contribution in [0.2, 0.25) is 5.02 Å². The van der Waals surface area contributed by atoms with Gasteiger partial charge in [-0.3, -0.25) is 4.79 Å². The number of hydrogen-bond donors (Lipinski definition) is 1. The van der Waals surface area contributed by atoms with E-state index in [0.29, 0.717) is 22.8 Å². The molecule has 20 heavy (non-hydrogen) atoms. The molecule has 0 aromatic heterocycles. The van der Waals surface area contributed by atoms with Crippen molar-refractivity contribution < 1.29 is 4.79 Å². The predicted octanol–water partition coefficient (Wildman–Crippen LogP) is 3.50. The van der Waals surface area contributed by atoms with E-state index >= 15 is 0 Å². The van der Waals surface area contributed by atoms with E-state index in [-0.39, 0.29) is 5.91 Å². The van der Waals surface area contributed by atoms with Gasteiger partial charge in [-0.05, 0) is 24.6 Å². The molecule has 0 unspecified atom stereocenters. The molecule has 0 radical (unpaired) electrons. The van der Waals surface area contributed by atoms with Gasteiger partial charge in [0.05, 0.1) is 16.3 Å². The van der Waals surface area contributed by atoms with Gasteiger partial charge in [0.1, 0.15) is 0 Å². The lowest BCUT2D eigenvalue weighted by Crippen LogP contribution is -2.26. The Hall–Kier alpha value is -2.00. The number of carbonyl (C=O) groups excluding carboxylic acids is 1. The number of carbonyl (C=O) groups is 1. The molecule has 0 saturated heterocycles. The second kappa shape index (κ2) is 5.97. The van der Waals surface area contributed by atoms with Gasteiger partial charge in [-0.25, -0.2) is 0 Å². The van der Waals surface area contributed by atoms with Gasteiger partial charge >= 0.3 is 0 Å². The van der Waals surface area contributed by atoms with Crippen LogP contribution in [0, 0.1) is 6.92 Å². The van der Waals surface area contributed by atoms with Crippen LogP contribution in [-0.2, 0) is 6.54 Å². The van der Waals surface area contributed by atoms with Crippen LogP contribution in [0.25, 0.3) is 0 Å². The van der Waals surface area contributed by atoms with Crippen molar-refractivity contribution in [3.63, 3.8) is 0 Å². The van der Waals surface area contributed by atoms with Gasteiger partial charge in [-0.15, -0.1) is 0 Å². The van der Waals surface area contributed by atoms with Crippen molar-refractivity contribution in [2.24, 2.45) is 0 Å². The first-order chi connectivity index (χ1) is 9.49. The highest BCUT2D eigenvalue weighted by Gasteiger charge is 2.16. The van der Waals surface area contributed by atoms with Crippen molar-refractivity contribution in [2.45, 2.75) is 13.5 Å². The second-order valence-electron chi connectivity index (χ2n) is 4.86. The summed E-state index contributed by atoms with van der Waals surface area (Å²) in [7, 11) is 1.75. The van der Waals surface area contributed by atoms with Gasteiger partial charge < -0.3 is 10.6 Å². The maximum atomic E-state index is 12.4. The number of amides is 1. The van der Waals surface area contributed by atoms with Crippen molar-refractivity contribution in [1.82, 2.24) is 4.90 Å². The van der Waals surface area contributed by atoms with E-state index in [4.69, 9.17) is 17.3 Å². The quantitative estimate of drug-likeness (QED) is 0.879. The SMILES string of the molecule is Cc1cccc(CN(C)C(=O)c2cccc(N)c2Cl)c1. The monoisotopic (exact) mass is 288 g/mol. The molecule has 0 aliphatic rings. The summed E-state index contributed by atoms with van der Waals surface area (Å²) < 4.78 is 0. The molecule has 0 fully saturated rings. The summed E-state index contributed by atoms with van der Waals surface area (Å²) in [6.07, 6.45) is 0. The number of hydrogen-bond acceptors (Lipinski definition) is 2. The van der Waals surface area contributed by atoms with Crippen molar-refractivity contribution >= 4 is 23.2 Å². The van der Waals surface area contributed by atoms with Crippen LogP contribution in [0.3, 0.4) is 0 Å². The summed E-state index contributed by atoms with van der Waals surface area (Å²) in [5.74, 6) is -0.135. The lowest BCUT2D eigenvalue weighted by Gasteiger charge is -2.18. The largest absolute Gasteiger partial charge is 0.398 e. The molecular formula is C16H17ClN2O. The zero-order valence-corrected chi connectivity index (χ0v) is 12.3. The summed E-state index contributed by atoms with van der Waals surface area (Å²) in [4.78, 5) is 14.0. The minimum Gasteiger partial charge on any atom is -0.398 e. The first kappa shape index (κ1) is 14.4. The molecule has 0 aliphatic heterocycles. The van der Waals surface area contributed by atoms with Crippen LogP contribution in [0.15, 0.2) is 42.5 Å². The number of nitrogens with two attached hydrogens (primary N) is 1. The summed E-state index contributed by atoms with van der Waals surface area (Å²) in [6, 6.07) is 13.2. The van der Waals surface area contributed by atoms with Crippen molar-refractivity contribution in [3.8, 4) is 0 Å². The zero-order valence-electron chi connectivity index (χ0n) is 11.6. The molecule has 4 heteroatoms. The molecule has 0 spiro atoms. The molecule has 2 N–H and O–H groups in total. The van der Waals surface area contributed by atoms with Crippen LogP contribution >= 0.6 is 11.6 Å². The van der Waals surface area contributed by atoms with Gasteiger partial charge in [0.2, 0.25) is 0 Å². The Morgan fingerprint density at radius 2 is 1.95 bits per heavy atom. The molecular weight excluding hydrogens is 272 g/mol. The average Bonchev–Trinajstić information content (AvgIpc) is 2.41. The maximum Gasteiger partial charge on any atom is 0.255 e. The Labute approximate surface area is 124 Å². The predicted molar refractivity (Wildman–Crippen MR) is 82.8 cm³/mol. The molecule has 0 heterocycles. The van der Waals surface area contributed by atoms with Crippen LogP contribution in [-0.4, -0.2) is 17.9 Å². The van der Waals surface area contributed by atoms with E-state index in [1.54, 1.807) is 30.1 Å². The molecule has 104 valence electrons. The highest BCUT2D eigenvalue weighted by atomic mass is 35.5. The van der Waals surface area contributed by atoms with E-state index in [9.17, 15) is 4.79 Å². The van der Waals surface area contributed by atoms with Crippen molar-refractivity contribution in [1.29, 1.82) is 0 Å². The Morgan fingerprint density at radius 1 is 1.25 bits per heavy atom. The summed E-state index contributed by atoms with van der Waals surface area (Å²) >= 11 is 6.09. The molecule has 2 aromatic carbocycles. The molecule has 2 rings (SSSR count). The number of nitrogen functional groups attached to an aromatic ring is 1. The van der Waals surface area contributed by atoms with Crippen LogP contribution in [0.4, 0.5) is 5.69 Å². The fourth-order valence-electron chi connectivity index (χ4n) is 2.08. The third-order valence-corrected chi connectivity index (χ3v) is 3.53. The highest BCUT2D eigenvalue weighted by Crippen LogP contribution is 2.24. The Balaban J connectivity index is 2.19. The molecule has 0 aliphatic carbocycles. The van der Waals surface area contributed by atoms with E-state index in [1.807, 2.05) is 25.1 Å². The summed E-state index contributed by atoms with van der Waals surface area (Å²) in [6.45, 7) is 2.56.